The van der Waals surface area contributed by atoms with E-state index in [0.717, 1.165) is 23.4 Å². The number of nitrogens with zero attached hydrogens (tertiary/aromatic N) is 1. The lowest BCUT2D eigenvalue weighted by molar-refractivity contribution is -0.143. The second-order valence-corrected chi connectivity index (χ2v) is 7.86. The maximum Gasteiger partial charge on any atom is 0.307 e. The Kier molecular flexibility index (Phi) is 5.61. The summed E-state index contributed by atoms with van der Waals surface area (Å²) in [5.41, 5.74) is 0.767. The van der Waals surface area contributed by atoms with Gasteiger partial charge in [-0.25, -0.2) is 4.39 Å². The van der Waals surface area contributed by atoms with Crippen LogP contribution in [0.1, 0.15) is 29.3 Å². The van der Waals surface area contributed by atoms with Crippen molar-refractivity contribution in [3.8, 4) is 5.75 Å². The zero-order valence-corrected chi connectivity index (χ0v) is 15.3. The molecule has 1 aliphatic heterocycles. The molecule has 1 aliphatic rings. The highest BCUT2D eigenvalue weighted by Crippen LogP contribution is 2.38. The average molecular weight is 384 g/mol. The second-order valence-electron chi connectivity index (χ2n) is 6.11. The minimum absolute atomic E-state index is 0.189. The van der Waals surface area contributed by atoms with E-state index >= 15 is 0 Å². The van der Waals surface area contributed by atoms with Gasteiger partial charge >= 0.3 is 5.97 Å². The number of hydrogen-bond acceptors (Lipinski definition) is 4. The Labute approximate surface area is 154 Å². The summed E-state index contributed by atoms with van der Waals surface area (Å²) in [5, 5.41) is 9.37. The van der Waals surface area contributed by atoms with Crippen molar-refractivity contribution < 1.29 is 19.0 Å². The van der Waals surface area contributed by atoms with Crippen molar-refractivity contribution in [3.63, 3.8) is 0 Å². The molecule has 4 nitrogen and oxygen atoms in total. The van der Waals surface area contributed by atoms with Crippen LogP contribution in [0, 0.1) is 11.7 Å². The Morgan fingerprint density at radius 3 is 2.84 bits per heavy atom. The molecule has 7 heteroatoms. The SMILES string of the molecule is COc1ccc(C(c2ccc(Cl)s2)N2CCCC(C(=O)O)C2)cc1F. The highest BCUT2D eigenvalue weighted by Gasteiger charge is 2.32. The zero-order chi connectivity index (χ0) is 18.0. The van der Waals surface area contributed by atoms with Crippen molar-refractivity contribution in [2.24, 2.45) is 5.92 Å². The second kappa shape index (κ2) is 7.72. The first kappa shape index (κ1) is 18.2. The molecule has 0 spiro atoms. The molecule has 2 atom stereocenters. The van der Waals surface area contributed by atoms with Gasteiger partial charge in [0.15, 0.2) is 11.6 Å². The van der Waals surface area contributed by atoms with Crippen LogP contribution >= 0.6 is 22.9 Å². The molecule has 0 aliphatic carbocycles. The van der Waals surface area contributed by atoms with Gasteiger partial charge in [0.1, 0.15) is 0 Å². The van der Waals surface area contributed by atoms with Crippen molar-refractivity contribution in [1.29, 1.82) is 0 Å². The van der Waals surface area contributed by atoms with Crippen LogP contribution in [0.2, 0.25) is 4.34 Å². The number of benzene rings is 1. The number of halogens is 2. The van der Waals surface area contributed by atoms with E-state index in [1.807, 2.05) is 18.2 Å². The number of aliphatic carboxylic acids is 1. The van der Waals surface area contributed by atoms with Crippen LogP contribution in [-0.4, -0.2) is 36.2 Å². The smallest absolute Gasteiger partial charge is 0.307 e. The van der Waals surface area contributed by atoms with Crippen LogP contribution in [0.25, 0.3) is 0 Å². The molecule has 0 bridgehead atoms. The van der Waals surface area contributed by atoms with E-state index in [2.05, 4.69) is 4.90 Å². The quantitative estimate of drug-likeness (QED) is 0.829. The lowest BCUT2D eigenvalue weighted by Crippen LogP contribution is -2.41. The Bertz CT molecular complexity index is 767. The summed E-state index contributed by atoms with van der Waals surface area (Å²) in [4.78, 5) is 14.5. The maximum absolute atomic E-state index is 14.2. The van der Waals surface area contributed by atoms with Gasteiger partial charge in [0.25, 0.3) is 0 Å². The Hall–Kier alpha value is -1.63. The molecule has 3 rings (SSSR count). The summed E-state index contributed by atoms with van der Waals surface area (Å²) in [7, 11) is 1.43. The van der Waals surface area contributed by atoms with Crippen LogP contribution in [0.5, 0.6) is 5.75 Å². The van der Waals surface area contributed by atoms with Gasteiger partial charge in [0.2, 0.25) is 0 Å². The summed E-state index contributed by atoms with van der Waals surface area (Å²) in [6.07, 6.45) is 1.46. The molecule has 2 aromatic rings. The predicted molar refractivity (Wildman–Crippen MR) is 96.1 cm³/mol. The molecular formula is C18H19ClFNO3S. The van der Waals surface area contributed by atoms with Gasteiger partial charge < -0.3 is 9.84 Å². The van der Waals surface area contributed by atoms with E-state index in [4.69, 9.17) is 16.3 Å². The summed E-state index contributed by atoms with van der Waals surface area (Å²) in [6.45, 7) is 1.20. The van der Waals surface area contributed by atoms with Crippen LogP contribution in [0.15, 0.2) is 30.3 Å². The molecule has 1 saturated heterocycles. The average Bonchev–Trinajstić information content (AvgIpc) is 3.01. The van der Waals surface area contributed by atoms with Crippen molar-refractivity contribution in [2.75, 3.05) is 20.2 Å². The molecule has 1 aromatic heterocycles. The number of carbonyl (C=O) groups is 1. The highest BCUT2D eigenvalue weighted by atomic mass is 35.5. The number of hydrogen-bond donors (Lipinski definition) is 1. The molecule has 2 heterocycles. The van der Waals surface area contributed by atoms with Crippen LogP contribution in [0.3, 0.4) is 0 Å². The van der Waals surface area contributed by atoms with E-state index in [-0.39, 0.29) is 11.8 Å². The number of carboxylic acids is 1. The van der Waals surface area contributed by atoms with Crippen molar-refractivity contribution in [1.82, 2.24) is 4.90 Å². The highest BCUT2D eigenvalue weighted by molar-refractivity contribution is 7.16. The van der Waals surface area contributed by atoms with Gasteiger partial charge in [-0.3, -0.25) is 9.69 Å². The maximum atomic E-state index is 14.2. The third-order valence-electron chi connectivity index (χ3n) is 4.52. The number of thiophene rings is 1. The third kappa shape index (κ3) is 3.97. The minimum Gasteiger partial charge on any atom is -0.494 e. The Morgan fingerprint density at radius 1 is 1.44 bits per heavy atom. The first-order valence-corrected chi connectivity index (χ1v) is 9.24. The summed E-state index contributed by atoms with van der Waals surface area (Å²) in [6, 6.07) is 8.40. The third-order valence-corrected chi connectivity index (χ3v) is 5.81. The van der Waals surface area contributed by atoms with Crippen LogP contribution in [0.4, 0.5) is 4.39 Å². The fourth-order valence-electron chi connectivity index (χ4n) is 3.33. The van der Waals surface area contributed by atoms with E-state index in [9.17, 15) is 14.3 Å². The normalized spacial score (nSPS) is 19.6. The van der Waals surface area contributed by atoms with Gasteiger partial charge in [0, 0.05) is 11.4 Å². The number of likely N-dealkylation sites (tertiary alicyclic amines) is 1. The zero-order valence-electron chi connectivity index (χ0n) is 13.7. The lowest BCUT2D eigenvalue weighted by atomic mass is 9.94. The summed E-state index contributed by atoms with van der Waals surface area (Å²) >= 11 is 7.53. The molecule has 0 radical (unpaired) electrons. The minimum atomic E-state index is -0.784. The number of rotatable bonds is 5. The van der Waals surface area contributed by atoms with Crippen molar-refractivity contribution in [2.45, 2.75) is 18.9 Å². The first-order valence-electron chi connectivity index (χ1n) is 8.05. The summed E-state index contributed by atoms with van der Waals surface area (Å²) < 4.78 is 19.9. The van der Waals surface area contributed by atoms with Crippen molar-refractivity contribution >= 4 is 28.9 Å². The fourth-order valence-corrected chi connectivity index (χ4v) is 4.55. The van der Waals surface area contributed by atoms with E-state index < -0.39 is 17.7 Å². The van der Waals surface area contributed by atoms with Gasteiger partial charge in [-0.05, 0) is 49.2 Å². The van der Waals surface area contributed by atoms with Crippen LogP contribution in [-0.2, 0) is 4.79 Å². The number of piperidine rings is 1. The van der Waals surface area contributed by atoms with Crippen LogP contribution < -0.4 is 4.74 Å². The number of methoxy groups -OCH3 is 1. The molecule has 2 unspecified atom stereocenters. The predicted octanol–water partition coefficient (Wildman–Crippen LogP) is 4.44. The molecule has 1 fully saturated rings. The number of ether oxygens (including phenoxy) is 1. The molecule has 1 N–H and O–H groups in total. The molecule has 0 amide bonds. The van der Waals surface area contributed by atoms with E-state index in [1.54, 1.807) is 6.07 Å². The number of carboxylic acid groups (broad SMARTS) is 1. The lowest BCUT2D eigenvalue weighted by Gasteiger charge is -2.37. The fraction of sp³-hybridized carbons (Fsp3) is 0.389. The van der Waals surface area contributed by atoms with Gasteiger partial charge in [-0.1, -0.05) is 17.7 Å². The summed E-state index contributed by atoms with van der Waals surface area (Å²) in [5.74, 6) is -1.43. The largest absolute Gasteiger partial charge is 0.494 e. The Balaban J connectivity index is 1.98. The first-order chi connectivity index (χ1) is 12.0. The van der Waals surface area contributed by atoms with Crippen molar-refractivity contribution in [3.05, 3.63) is 50.9 Å². The van der Waals surface area contributed by atoms with Gasteiger partial charge in [0.05, 0.1) is 23.4 Å². The molecule has 0 saturated carbocycles. The molecule has 25 heavy (non-hydrogen) atoms. The molecule has 134 valence electrons. The van der Waals surface area contributed by atoms with Gasteiger partial charge in [-0.15, -0.1) is 11.3 Å². The standard InChI is InChI=1S/C18H19ClFNO3S/c1-24-14-5-4-11(9-13(14)20)17(15-6-7-16(19)25-15)21-8-2-3-12(10-21)18(22)23/h4-7,9,12,17H,2-3,8,10H2,1H3,(H,22,23). The monoisotopic (exact) mass is 383 g/mol. The Morgan fingerprint density at radius 2 is 2.24 bits per heavy atom. The topological polar surface area (TPSA) is 49.8 Å². The molecular weight excluding hydrogens is 365 g/mol. The van der Waals surface area contributed by atoms with E-state index in [0.29, 0.717) is 17.3 Å². The van der Waals surface area contributed by atoms with Gasteiger partial charge in [-0.2, -0.15) is 0 Å². The molecule has 1 aromatic carbocycles. The van der Waals surface area contributed by atoms with E-state index in [1.165, 1.54) is 24.5 Å².